The summed E-state index contributed by atoms with van der Waals surface area (Å²) in [4.78, 5) is 15.4. The van der Waals surface area contributed by atoms with E-state index < -0.39 is 18.4 Å². The molecule has 4 aliphatic rings. The summed E-state index contributed by atoms with van der Waals surface area (Å²) in [6, 6.07) is 20.8. The van der Waals surface area contributed by atoms with Crippen molar-refractivity contribution in [1.82, 2.24) is 4.90 Å². The first-order valence-corrected chi connectivity index (χ1v) is 12.2. The van der Waals surface area contributed by atoms with Gasteiger partial charge in [-0.2, -0.15) is 0 Å². The molecule has 0 N–H and O–H groups in total. The maximum atomic E-state index is 13.3. The van der Waals surface area contributed by atoms with Gasteiger partial charge < -0.3 is 28.4 Å². The van der Waals surface area contributed by atoms with Gasteiger partial charge in [0.05, 0.1) is 6.04 Å². The molecule has 0 saturated carbocycles. The molecule has 2 saturated heterocycles. The van der Waals surface area contributed by atoms with Crippen LogP contribution in [0.15, 0.2) is 66.7 Å². The molecule has 36 heavy (non-hydrogen) atoms. The van der Waals surface area contributed by atoms with Crippen LogP contribution in [0, 0.1) is 0 Å². The lowest BCUT2D eigenvalue weighted by molar-refractivity contribution is -0.163. The van der Waals surface area contributed by atoms with Gasteiger partial charge in [-0.25, -0.2) is 4.90 Å². The number of morpholine rings is 1. The highest BCUT2D eigenvalue weighted by atomic mass is 16.6. The van der Waals surface area contributed by atoms with Gasteiger partial charge in [0, 0.05) is 0 Å². The summed E-state index contributed by atoms with van der Waals surface area (Å²) in [5.74, 6) is 2.43. The molecule has 0 amide bonds. The van der Waals surface area contributed by atoms with Crippen molar-refractivity contribution in [3.63, 3.8) is 0 Å². The van der Waals surface area contributed by atoms with E-state index in [4.69, 9.17) is 28.4 Å². The number of rotatable bonds is 3. The van der Waals surface area contributed by atoms with Crippen LogP contribution >= 0.6 is 0 Å². The molecule has 2 fully saturated rings. The SMILES string of the molecule is O=C1OC[C@H](c2ccccc2)N2C(c3ccc4c(c3)OCCO4)O[C@H](c3ccc4c(c3)OCCO4)C12. The standard InChI is InChI=1S/C28H25NO7/c30-28-25-26(18-6-8-21-23(14-18)33-12-10-31-21)36-27(19-7-9-22-24(15-19)34-13-11-32-22)29(25)20(16-35-28)17-4-2-1-3-5-17/h1-9,14-15,20,25-27H,10-13,16H2/t20-,25?,26-,27?/m1/s1. The number of carbonyl (C=O) groups excluding carboxylic acids is 1. The second-order valence-electron chi connectivity index (χ2n) is 9.16. The van der Waals surface area contributed by atoms with E-state index in [-0.39, 0.29) is 18.6 Å². The van der Waals surface area contributed by atoms with E-state index in [1.54, 1.807) is 0 Å². The van der Waals surface area contributed by atoms with Crippen molar-refractivity contribution in [2.45, 2.75) is 24.4 Å². The molecule has 4 heterocycles. The Morgan fingerprint density at radius 3 is 1.94 bits per heavy atom. The minimum Gasteiger partial charge on any atom is -0.486 e. The molecule has 184 valence electrons. The second-order valence-corrected chi connectivity index (χ2v) is 9.16. The molecule has 8 nitrogen and oxygen atoms in total. The highest BCUT2D eigenvalue weighted by molar-refractivity contribution is 5.78. The minimum absolute atomic E-state index is 0.172. The number of nitrogens with zero attached hydrogens (tertiary/aromatic N) is 1. The predicted octanol–water partition coefficient (Wildman–Crippen LogP) is 3.97. The third-order valence-corrected chi connectivity index (χ3v) is 7.07. The quantitative estimate of drug-likeness (QED) is 0.514. The predicted molar refractivity (Wildman–Crippen MR) is 127 cm³/mol. The average Bonchev–Trinajstić information content (AvgIpc) is 3.35. The Balaban J connectivity index is 1.32. The topological polar surface area (TPSA) is 75.7 Å². The summed E-state index contributed by atoms with van der Waals surface area (Å²) in [6.45, 7) is 2.26. The molecule has 0 radical (unpaired) electrons. The first-order chi connectivity index (χ1) is 17.8. The van der Waals surface area contributed by atoms with Crippen LogP contribution in [0.4, 0.5) is 0 Å². The van der Waals surface area contributed by atoms with Crippen molar-refractivity contribution in [3.05, 3.63) is 83.4 Å². The highest BCUT2D eigenvalue weighted by Crippen LogP contribution is 2.51. The number of benzene rings is 3. The number of hydrogen-bond acceptors (Lipinski definition) is 8. The van der Waals surface area contributed by atoms with Crippen molar-refractivity contribution in [2.75, 3.05) is 33.0 Å². The van der Waals surface area contributed by atoms with Gasteiger partial charge in [0.15, 0.2) is 23.0 Å². The molecule has 0 bridgehead atoms. The van der Waals surface area contributed by atoms with E-state index in [0.717, 1.165) is 16.7 Å². The number of cyclic esters (lactones) is 1. The Morgan fingerprint density at radius 2 is 1.25 bits per heavy atom. The van der Waals surface area contributed by atoms with E-state index in [9.17, 15) is 4.79 Å². The zero-order valence-corrected chi connectivity index (χ0v) is 19.5. The Morgan fingerprint density at radius 1 is 0.639 bits per heavy atom. The van der Waals surface area contributed by atoms with Crippen molar-refractivity contribution >= 4 is 5.97 Å². The van der Waals surface area contributed by atoms with E-state index in [2.05, 4.69) is 17.0 Å². The van der Waals surface area contributed by atoms with Gasteiger partial charge in [0.1, 0.15) is 51.4 Å². The van der Waals surface area contributed by atoms with E-state index in [1.807, 2.05) is 54.6 Å². The lowest BCUT2D eigenvalue weighted by Crippen LogP contribution is -2.49. The van der Waals surface area contributed by atoms with E-state index in [0.29, 0.717) is 49.4 Å². The van der Waals surface area contributed by atoms with Crippen LogP contribution in [0.2, 0.25) is 0 Å². The third-order valence-electron chi connectivity index (χ3n) is 7.07. The Hall–Kier alpha value is -3.75. The Bertz CT molecular complexity index is 1300. The van der Waals surface area contributed by atoms with E-state index in [1.165, 1.54) is 0 Å². The Labute approximate surface area is 208 Å². The van der Waals surface area contributed by atoms with Gasteiger partial charge >= 0.3 is 5.97 Å². The van der Waals surface area contributed by atoms with Crippen LogP contribution in [0.5, 0.6) is 23.0 Å². The third kappa shape index (κ3) is 3.56. The van der Waals surface area contributed by atoms with E-state index >= 15 is 0 Å². The fourth-order valence-corrected chi connectivity index (χ4v) is 5.43. The first-order valence-electron chi connectivity index (χ1n) is 12.2. The number of esters is 1. The summed E-state index contributed by atoms with van der Waals surface area (Å²) < 4.78 is 35.5. The molecule has 8 heteroatoms. The first kappa shape index (κ1) is 21.5. The van der Waals surface area contributed by atoms with Crippen molar-refractivity contribution < 1.29 is 33.2 Å². The normalized spacial score (nSPS) is 26.7. The fraction of sp³-hybridized carbons (Fsp3) is 0.321. The molecule has 0 spiro atoms. The van der Waals surface area contributed by atoms with Gasteiger partial charge in [-0.3, -0.25) is 4.79 Å². The van der Waals surface area contributed by atoms with Crippen LogP contribution in [0.25, 0.3) is 0 Å². The molecule has 4 aliphatic heterocycles. The molecular weight excluding hydrogens is 462 g/mol. The number of fused-ring (bicyclic) bond motifs is 3. The zero-order valence-electron chi connectivity index (χ0n) is 19.5. The molecule has 2 unspecified atom stereocenters. The maximum absolute atomic E-state index is 13.3. The molecular formula is C28H25NO7. The van der Waals surface area contributed by atoms with Gasteiger partial charge in [-0.05, 0) is 41.0 Å². The van der Waals surface area contributed by atoms with Crippen molar-refractivity contribution in [1.29, 1.82) is 0 Å². The molecule has 0 aromatic heterocycles. The molecule has 4 atom stereocenters. The summed E-state index contributed by atoms with van der Waals surface area (Å²) in [5, 5.41) is 0. The van der Waals surface area contributed by atoms with Crippen LogP contribution in [-0.4, -0.2) is 49.9 Å². The lowest BCUT2D eigenvalue weighted by Gasteiger charge is -2.39. The minimum atomic E-state index is -0.635. The smallest absolute Gasteiger partial charge is 0.326 e. The summed E-state index contributed by atoms with van der Waals surface area (Å²) in [6.07, 6.45) is -1.06. The molecule has 3 aromatic carbocycles. The number of hydrogen-bond donors (Lipinski definition) is 0. The highest BCUT2D eigenvalue weighted by Gasteiger charge is 2.54. The number of ether oxygens (including phenoxy) is 6. The lowest BCUT2D eigenvalue weighted by atomic mass is 9.96. The monoisotopic (exact) mass is 487 g/mol. The van der Waals surface area contributed by atoms with Crippen LogP contribution in [0.3, 0.4) is 0 Å². The van der Waals surface area contributed by atoms with Gasteiger partial charge in [0.25, 0.3) is 0 Å². The van der Waals surface area contributed by atoms with Gasteiger partial charge in [-0.15, -0.1) is 0 Å². The number of carbonyl (C=O) groups is 1. The van der Waals surface area contributed by atoms with Crippen molar-refractivity contribution in [3.8, 4) is 23.0 Å². The van der Waals surface area contributed by atoms with Crippen molar-refractivity contribution in [2.24, 2.45) is 0 Å². The summed E-state index contributed by atoms with van der Waals surface area (Å²) in [7, 11) is 0. The van der Waals surface area contributed by atoms with Crippen LogP contribution in [0.1, 0.15) is 35.1 Å². The van der Waals surface area contributed by atoms with Crippen LogP contribution < -0.4 is 18.9 Å². The zero-order chi connectivity index (χ0) is 24.1. The summed E-state index contributed by atoms with van der Waals surface area (Å²) >= 11 is 0. The average molecular weight is 488 g/mol. The second kappa shape index (κ2) is 8.72. The summed E-state index contributed by atoms with van der Waals surface area (Å²) in [5.41, 5.74) is 2.78. The molecule has 3 aromatic rings. The largest absolute Gasteiger partial charge is 0.486 e. The van der Waals surface area contributed by atoms with Gasteiger partial charge in [0.2, 0.25) is 0 Å². The maximum Gasteiger partial charge on any atom is 0.326 e. The molecule has 0 aliphatic carbocycles. The van der Waals surface area contributed by atoms with Gasteiger partial charge in [-0.1, -0.05) is 42.5 Å². The Kier molecular flexibility index (Phi) is 5.22. The fourth-order valence-electron chi connectivity index (χ4n) is 5.43. The molecule has 7 rings (SSSR count). The van der Waals surface area contributed by atoms with Crippen LogP contribution in [-0.2, 0) is 14.3 Å².